The van der Waals surface area contributed by atoms with Gasteiger partial charge in [0.15, 0.2) is 46.2 Å². The van der Waals surface area contributed by atoms with E-state index in [4.69, 9.17) is 110 Å². The van der Waals surface area contributed by atoms with Gasteiger partial charge in [0, 0.05) is 21.1 Å². The van der Waals surface area contributed by atoms with Gasteiger partial charge in [0.05, 0.1) is 34.3 Å². The molecule has 470 valence electrons. The molecule has 0 aliphatic carbocycles. The summed E-state index contributed by atoms with van der Waals surface area (Å²) in [5.74, 6) is 1.81. The van der Waals surface area contributed by atoms with Crippen molar-refractivity contribution in [2.24, 2.45) is 0 Å². The van der Waals surface area contributed by atoms with Crippen LogP contribution in [0.15, 0.2) is 146 Å². The Morgan fingerprint density at radius 3 is 1.40 bits per heavy atom. The fourth-order valence-electron chi connectivity index (χ4n) is 7.45. The Morgan fingerprint density at radius 1 is 0.364 bits per heavy atom. The number of hydrogen-bond donors (Lipinski definition) is 1. The van der Waals surface area contributed by atoms with Crippen molar-refractivity contribution >= 4 is 81.2 Å². The van der Waals surface area contributed by atoms with Gasteiger partial charge >= 0.3 is 0 Å². The highest BCUT2D eigenvalue weighted by molar-refractivity contribution is 6.44. The average Bonchev–Trinajstić information content (AvgIpc) is 2.89. The Bertz CT molecular complexity index is 3480. The molecule has 1 N–H and O–H groups in total. The topological polar surface area (TPSA) is 75.6 Å². The largest absolute Gasteiger partial charge is 0.507 e. The standard InChI is InChI=1S/C9H10O3.C9H12O.C8H9FO.C8H8O2.C7H5Cl3.2C7H6Cl2.2C7H6F2/c1-6-3-7(10-2)9-8(4-6)11-5-12-9;1-6-4-7(2)9(10)8(3)5-6;1-6-3-4-8(10-2)7(9)5-6;1-6-3-2-4-7-8(6)10-5-9-7;1-4-2-5(8)3-6(9)7(4)10;1-5-2-3-6(8)4-7(5)9;1-5-3-2-4-6(8)7(5)9;1-5-2-6(8)4-7(9)3-5;1-5-3-2-4-6(8)7(5)9/h3-4H,5H2,1-2H3;4-5,10H,1-3H3;3-5H,1-2H3;2-4H,5H2,1H3;2-3H,1H3;4*2-4H,1H3. The predicted octanol–water partition coefficient (Wildman–Crippen LogP) is 23.0. The van der Waals surface area contributed by atoms with Crippen molar-refractivity contribution in [1.29, 1.82) is 0 Å². The number of rotatable bonds is 2. The van der Waals surface area contributed by atoms with E-state index in [2.05, 4.69) is 0 Å². The molecule has 2 aliphatic rings. The van der Waals surface area contributed by atoms with E-state index in [0.29, 0.717) is 65.3 Å². The summed E-state index contributed by atoms with van der Waals surface area (Å²) in [5, 5.41) is 13.7. The fourth-order valence-corrected chi connectivity index (χ4v) is 8.91. The summed E-state index contributed by atoms with van der Waals surface area (Å²) in [6, 6.07) is 40.5. The van der Waals surface area contributed by atoms with Crippen LogP contribution in [-0.2, 0) is 0 Å². The first-order valence-corrected chi connectivity index (χ1v) is 29.2. The molecule has 0 saturated carbocycles. The van der Waals surface area contributed by atoms with Crippen LogP contribution < -0.4 is 28.4 Å². The van der Waals surface area contributed by atoms with Crippen LogP contribution in [0.25, 0.3) is 0 Å². The van der Waals surface area contributed by atoms with E-state index in [9.17, 15) is 27.1 Å². The number of aromatic hydroxyl groups is 1. The molecule has 11 rings (SSSR count). The first-order valence-electron chi connectivity index (χ1n) is 26.6. The Morgan fingerprint density at radius 2 is 0.886 bits per heavy atom. The van der Waals surface area contributed by atoms with Crippen LogP contribution in [-0.4, -0.2) is 32.9 Å². The van der Waals surface area contributed by atoms with Crippen LogP contribution in [0.1, 0.15) is 61.2 Å². The van der Waals surface area contributed by atoms with Gasteiger partial charge in [-0.3, -0.25) is 0 Å². The first-order chi connectivity index (χ1) is 41.5. The molecule has 0 unspecified atom stereocenters. The Hall–Kier alpha value is -6.74. The maximum absolute atomic E-state index is 12.7. The molecule has 0 aromatic heterocycles. The number of aryl methyl sites for hydroxylation is 11. The van der Waals surface area contributed by atoms with Crippen molar-refractivity contribution in [2.45, 2.75) is 76.2 Å². The lowest BCUT2D eigenvalue weighted by molar-refractivity contribution is 0.171. The molecule has 0 amide bonds. The van der Waals surface area contributed by atoms with Crippen molar-refractivity contribution in [3.8, 4) is 40.2 Å². The van der Waals surface area contributed by atoms with Crippen LogP contribution in [0.3, 0.4) is 0 Å². The minimum atomic E-state index is -0.782. The minimum absolute atomic E-state index is 0.287. The van der Waals surface area contributed by atoms with Crippen LogP contribution in [0.5, 0.6) is 40.2 Å². The smallest absolute Gasteiger partial charge is 0.231 e. The zero-order valence-electron chi connectivity index (χ0n) is 50.7. The summed E-state index contributed by atoms with van der Waals surface area (Å²) < 4.78 is 92.3. The second-order valence-electron chi connectivity index (χ2n) is 19.5. The number of methoxy groups -OCH3 is 2. The van der Waals surface area contributed by atoms with Crippen LogP contribution in [0.2, 0.25) is 35.2 Å². The summed E-state index contributed by atoms with van der Waals surface area (Å²) in [6.07, 6.45) is 0. The summed E-state index contributed by atoms with van der Waals surface area (Å²) in [5.41, 5.74) is 10.2. The molecule has 2 aliphatic heterocycles. The molecular weight excluding hydrogens is 1280 g/mol. The molecule has 0 atom stereocenters. The average molecular weight is 1350 g/mol. The van der Waals surface area contributed by atoms with Gasteiger partial charge in [-0.05, 0) is 211 Å². The molecule has 2 heterocycles. The normalized spacial score (nSPS) is 10.6. The van der Waals surface area contributed by atoms with E-state index in [0.717, 1.165) is 84.7 Å². The van der Waals surface area contributed by atoms with Gasteiger partial charge in [0.25, 0.3) is 0 Å². The van der Waals surface area contributed by atoms with Gasteiger partial charge in [0.1, 0.15) is 17.4 Å². The minimum Gasteiger partial charge on any atom is -0.507 e. The van der Waals surface area contributed by atoms with Crippen molar-refractivity contribution in [3.05, 3.63) is 271 Å². The number of halogens is 12. The molecule has 0 spiro atoms. The molecule has 0 bridgehead atoms. The van der Waals surface area contributed by atoms with Gasteiger partial charge in [-0.15, -0.1) is 0 Å². The third-order valence-electron chi connectivity index (χ3n) is 11.9. The highest BCUT2D eigenvalue weighted by Gasteiger charge is 2.19. The monoisotopic (exact) mass is 1350 g/mol. The van der Waals surface area contributed by atoms with Crippen LogP contribution in [0.4, 0.5) is 22.0 Å². The van der Waals surface area contributed by atoms with Gasteiger partial charge in [0.2, 0.25) is 19.3 Å². The third kappa shape index (κ3) is 25.8. The first kappa shape index (κ1) is 75.5. The lowest BCUT2D eigenvalue weighted by atomic mass is 10.1. The fraction of sp³-hybridized carbons (Fsp3) is 0.217. The Labute approximate surface area is 548 Å². The molecule has 0 radical (unpaired) electrons. The van der Waals surface area contributed by atoms with Gasteiger partial charge in [-0.1, -0.05) is 147 Å². The second-order valence-corrected chi connectivity index (χ2v) is 22.3. The van der Waals surface area contributed by atoms with E-state index in [-0.39, 0.29) is 12.6 Å². The zero-order chi connectivity index (χ0) is 65.9. The number of hydrogen-bond acceptors (Lipinski definition) is 7. The number of para-hydroxylation sites is 1. The Kier molecular flexibility index (Phi) is 32.6. The molecule has 9 aromatic rings. The zero-order valence-corrected chi connectivity index (χ0v) is 56.0. The van der Waals surface area contributed by atoms with E-state index in [1.807, 2.05) is 135 Å². The number of fused-ring (bicyclic) bond motifs is 2. The number of benzene rings is 9. The highest BCUT2D eigenvalue weighted by atomic mass is 35.5. The highest BCUT2D eigenvalue weighted by Crippen LogP contribution is 2.41. The molecule has 88 heavy (non-hydrogen) atoms. The van der Waals surface area contributed by atoms with Crippen molar-refractivity contribution in [3.63, 3.8) is 0 Å². The quantitative estimate of drug-likeness (QED) is 0.137. The molecule has 7 nitrogen and oxygen atoms in total. The third-order valence-corrected chi connectivity index (χ3v) is 14.6. The molecular formula is C69H68Cl7F5O7. The van der Waals surface area contributed by atoms with E-state index in [1.165, 1.54) is 49.9 Å². The Balaban J connectivity index is 0.000000259. The number of phenols is 1. The maximum Gasteiger partial charge on any atom is 0.231 e. The predicted molar refractivity (Wildman–Crippen MR) is 352 cm³/mol. The second kappa shape index (κ2) is 38.0. The van der Waals surface area contributed by atoms with E-state index >= 15 is 0 Å². The lowest BCUT2D eigenvalue weighted by Gasteiger charge is -2.04. The van der Waals surface area contributed by atoms with Crippen molar-refractivity contribution < 1.29 is 55.5 Å². The molecule has 0 fully saturated rings. The maximum atomic E-state index is 12.7. The summed E-state index contributed by atoms with van der Waals surface area (Å²) in [7, 11) is 3.07. The number of phenolic OH excluding ortho intramolecular Hbond substituents is 1. The van der Waals surface area contributed by atoms with Crippen LogP contribution in [0, 0.1) is 105 Å². The van der Waals surface area contributed by atoms with Crippen LogP contribution >= 0.6 is 81.2 Å². The lowest BCUT2D eigenvalue weighted by Crippen LogP contribution is -1.93. The summed E-state index contributed by atoms with van der Waals surface area (Å²) in [6.45, 7) is 21.2. The van der Waals surface area contributed by atoms with E-state index in [1.54, 1.807) is 44.4 Å². The number of ether oxygens (including phenoxy) is 6. The SMILES string of the molecule is COc1cc(C)cc2c1OCO2.COc1ccc(C)cc1F.Cc1cc(C)c(O)c(C)c1.Cc1cc(Cl)cc(Cl)c1Cl.Cc1cc(F)cc(F)c1.Cc1ccc(Cl)cc1Cl.Cc1cccc(Cl)c1Cl.Cc1cccc(F)c1F.Cc1cccc2c1OCO2. The summed E-state index contributed by atoms with van der Waals surface area (Å²) in [4.78, 5) is 0. The summed E-state index contributed by atoms with van der Waals surface area (Å²) >= 11 is 39.9. The molecule has 0 saturated heterocycles. The molecule has 19 heteroatoms. The van der Waals surface area contributed by atoms with Gasteiger partial charge in [-0.2, -0.15) is 0 Å². The van der Waals surface area contributed by atoms with Crippen molar-refractivity contribution in [2.75, 3.05) is 27.8 Å². The van der Waals surface area contributed by atoms with Crippen molar-refractivity contribution in [1.82, 2.24) is 0 Å². The molecule has 9 aromatic carbocycles. The van der Waals surface area contributed by atoms with Gasteiger partial charge in [-0.25, -0.2) is 22.0 Å². The van der Waals surface area contributed by atoms with Gasteiger partial charge < -0.3 is 33.5 Å². The van der Waals surface area contributed by atoms with E-state index < -0.39 is 23.3 Å².